The molecule has 5 nitrogen and oxygen atoms in total. The second-order valence-electron chi connectivity index (χ2n) is 3.96. The maximum Gasteiger partial charge on any atom is 0.257 e. The second-order valence-corrected chi connectivity index (χ2v) is 3.96. The van der Waals surface area contributed by atoms with Crippen LogP contribution in [0.2, 0.25) is 0 Å². The average molecular weight is 258 g/mol. The van der Waals surface area contributed by atoms with Gasteiger partial charge in [0.05, 0.1) is 7.11 Å². The molecule has 0 atom stereocenters. The van der Waals surface area contributed by atoms with Crippen LogP contribution in [0.15, 0.2) is 36.5 Å². The molecule has 0 radical (unpaired) electrons. The number of hydrogen-bond donors (Lipinski definition) is 2. The van der Waals surface area contributed by atoms with Crippen molar-refractivity contribution in [1.29, 1.82) is 0 Å². The van der Waals surface area contributed by atoms with Crippen LogP contribution in [-0.4, -0.2) is 23.1 Å². The van der Waals surface area contributed by atoms with E-state index in [2.05, 4.69) is 10.3 Å². The number of rotatable bonds is 3. The lowest BCUT2D eigenvalue weighted by atomic mass is 10.1. The number of nitrogens with one attached hydrogen (secondary N) is 1. The summed E-state index contributed by atoms with van der Waals surface area (Å²) in [7, 11) is 1.46. The minimum atomic E-state index is -0.325. The number of benzene rings is 1. The van der Waals surface area contributed by atoms with Crippen LogP contribution in [0, 0.1) is 6.92 Å². The Labute approximate surface area is 110 Å². The molecule has 1 amide bonds. The number of methoxy groups -OCH3 is 1. The lowest BCUT2D eigenvalue weighted by Crippen LogP contribution is -2.14. The summed E-state index contributed by atoms with van der Waals surface area (Å²) in [6.45, 7) is 1.66. The van der Waals surface area contributed by atoms with E-state index in [1.54, 1.807) is 43.5 Å². The van der Waals surface area contributed by atoms with Crippen molar-refractivity contribution in [2.45, 2.75) is 6.92 Å². The van der Waals surface area contributed by atoms with E-state index in [4.69, 9.17) is 4.74 Å². The van der Waals surface area contributed by atoms with E-state index in [1.807, 2.05) is 0 Å². The van der Waals surface area contributed by atoms with Gasteiger partial charge in [-0.3, -0.25) is 4.79 Å². The number of carbonyl (C=O) groups excluding carboxylic acids is 1. The van der Waals surface area contributed by atoms with Gasteiger partial charge < -0.3 is 15.2 Å². The maximum absolute atomic E-state index is 12.1. The maximum atomic E-state index is 12.1. The first-order valence-corrected chi connectivity index (χ1v) is 5.72. The quantitative estimate of drug-likeness (QED) is 0.886. The van der Waals surface area contributed by atoms with Crippen molar-refractivity contribution in [3.05, 3.63) is 47.7 Å². The third-order valence-corrected chi connectivity index (χ3v) is 2.77. The highest BCUT2D eigenvalue weighted by atomic mass is 16.5. The number of phenolic OH excluding ortho intramolecular Hbond substituents is 1. The number of phenols is 1. The molecule has 0 saturated carbocycles. The second kappa shape index (κ2) is 5.39. The molecule has 0 saturated heterocycles. The summed E-state index contributed by atoms with van der Waals surface area (Å²) in [5.74, 6) is 0.444. The Morgan fingerprint density at radius 2 is 2.11 bits per heavy atom. The minimum Gasteiger partial charge on any atom is -0.504 e. The minimum absolute atomic E-state index is 0.0313. The Kier molecular flexibility index (Phi) is 3.66. The fourth-order valence-corrected chi connectivity index (χ4v) is 1.71. The molecule has 1 heterocycles. The zero-order chi connectivity index (χ0) is 13.8. The van der Waals surface area contributed by atoms with Crippen molar-refractivity contribution in [1.82, 2.24) is 4.98 Å². The zero-order valence-electron chi connectivity index (χ0n) is 10.7. The van der Waals surface area contributed by atoms with Crippen molar-refractivity contribution < 1.29 is 14.6 Å². The van der Waals surface area contributed by atoms with Crippen molar-refractivity contribution in [3.63, 3.8) is 0 Å². The Balaban J connectivity index is 2.27. The molecule has 5 heteroatoms. The van der Waals surface area contributed by atoms with Crippen LogP contribution in [0.5, 0.6) is 11.5 Å². The smallest absolute Gasteiger partial charge is 0.257 e. The number of carbonyl (C=O) groups is 1. The van der Waals surface area contributed by atoms with E-state index in [9.17, 15) is 9.90 Å². The van der Waals surface area contributed by atoms with Gasteiger partial charge in [0.1, 0.15) is 5.82 Å². The van der Waals surface area contributed by atoms with Gasteiger partial charge >= 0.3 is 0 Å². The van der Waals surface area contributed by atoms with Crippen molar-refractivity contribution >= 4 is 11.7 Å². The molecule has 98 valence electrons. The molecular weight excluding hydrogens is 244 g/mol. The first-order chi connectivity index (χ1) is 9.13. The Bertz CT molecular complexity index is 597. The molecule has 0 aliphatic heterocycles. The third-order valence-electron chi connectivity index (χ3n) is 2.77. The highest BCUT2D eigenvalue weighted by Gasteiger charge is 2.15. The summed E-state index contributed by atoms with van der Waals surface area (Å²) in [4.78, 5) is 16.1. The van der Waals surface area contributed by atoms with Gasteiger partial charge in [-0.25, -0.2) is 4.98 Å². The predicted molar refractivity (Wildman–Crippen MR) is 71.6 cm³/mol. The number of anilines is 1. The summed E-state index contributed by atoms with van der Waals surface area (Å²) in [6.07, 6.45) is 1.59. The lowest BCUT2D eigenvalue weighted by molar-refractivity contribution is 0.102. The molecule has 1 aromatic carbocycles. The van der Waals surface area contributed by atoms with Crippen LogP contribution >= 0.6 is 0 Å². The highest BCUT2D eigenvalue weighted by Crippen LogP contribution is 2.31. The Morgan fingerprint density at radius 3 is 2.74 bits per heavy atom. The van der Waals surface area contributed by atoms with E-state index >= 15 is 0 Å². The molecule has 19 heavy (non-hydrogen) atoms. The van der Waals surface area contributed by atoms with E-state index in [1.165, 1.54) is 7.11 Å². The average Bonchev–Trinajstić information content (AvgIpc) is 2.42. The van der Waals surface area contributed by atoms with E-state index in [-0.39, 0.29) is 11.7 Å². The van der Waals surface area contributed by atoms with Gasteiger partial charge in [-0.05, 0) is 31.2 Å². The van der Waals surface area contributed by atoms with E-state index in [0.717, 1.165) is 0 Å². The standard InChI is InChI=1S/C14H14N2O3/c1-9-10(6-7-11(19-2)13(9)17)14(18)16-12-5-3-4-8-15-12/h3-8,17H,1-2H3,(H,15,16,18). The number of nitrogens with zero attached hydrogens (tertiary/aromatic N) is 1. The molecule has 2 rings (SSSR count). The van der Waals surface area contributed by atoms with Gasteiger partial charge in [0.15, 0.2) is 11.5 Å². The summed E-state index contributed by atoms with van der Waals surface area (Å²) in [5, 5.41) is 12.5. The van der Waals surface area contributed by atoms with Gasteiger partial charge in [-0.1, -0.05) is 6.07 Å². The van der Waals surface area contributed by atoms with Gasteiger partial charge in [-0.2, -0.15) is 0 Å². The molecule has 0 bridgehead atoms. The lowest BCUT2D eigenvalue weighted by Gasteiger charge is -2.11. The fourth-order valence-electron chi connectivity index (χ4n) is 1.71. The number of aromatic nitrogens is 1. The van der Waals surface area contributed by atoms with Gasteiger partial charge in [-0.15, -0.1) is 0 Å². The summed E-state index contributed by atoms with van der Waals surface area (Å²) >= 11 is 0. The summed E-state index contributed by atoms with van der Waals surface area (Å²) in [6, 6.07) is 8.39. The SMILES string of the molecule is COc1ccc(C(=O)Nc2ccccn2)c(C)c1O. The van der Waals surface area contributed by atoms with Crippen molar-refractivity contribution in [3.8, 4) is 11.5 Å². The van der Waals surface area contributed by atoms with Crippen LogP contribution in [0.25, 0.3) is 0 Å². The molecule has 2 aromatic rings. The summed E-state index contributed by atoms with van der Waals surface area (Å²) < 4.78 is 4.98. The number of hydrogen-bond acceptors (Lipinski definition) is 4. The number of ether oxygens (including phenoxy) is 1. The largest absolute Gasteiger partial charge is 0.504 e. The van der Waals surface area contributed by atoms with Crippen LogP contribution < -0.4 is 10.1 Å². The molecule has 2 N–H and O–H groups in total. The Morgan fingerprint density at radius 1 is 1.32 bits per heavy atom. The predicted octanol–water partition coefficient (Wildman–Crippen LogP) is 2.36. The molecule has 1 aromatic heterocycles. The van der Waals surface area contributed by atoms with E-state index in [0.29, 0.717) is 22.7 Å². The van der Waals surface area contributed by atoms with Crippen molar-refractivity contribution in [2.24, 2.45) is 0 Å². The van der Waals surface area contributed by atoms with Crippen molar-refractivity contribution in [2.75, 3.05) is 12.4 Å². The van der Waals surface area contributed by atoms with Crippen LogP contribution in [-0.2, 0) is 0 Å². The monoisotopic (exact) mass is 258 g/mol. The van der Waals surface area contributed by atoms with Gasteiger partial charge in [0, 0.05) is 17.3 Å². The molecule has 0 fully saturated rings. The Hall–Kier alpha value is -2.56. The molecule has 0 spiro atoms. The summed E-state index contributed by atoms with van der Waals surface area (Å²) in [5.41, 5.74) is 0.844. The fraction of sp³-hybridized carbons (Fsp3) is 0.143. The van der Waals surface area contributed by atoms with Crippen LogP contribution in [0.1, 0.15) is 15.9 Å². The topological polar surface area (TPSA) is 71.5 Å². The first-order valence-electron chi connectivity index (χ1n) is 5.72. The van der Waals surface area contributed by atoms with Gasteiger partial charge in [0.25, 0.3) is 5.91 Å². The first kappa shape index (κ1) is 12.9. The van der Waals surface area contributed by atoms with E-state index < -0.39 is 0 Å². The number of pyridine rings is 1. The third kappa shape index (κ3) is 2.65. The van der Waals surface area contributed by atoms with Crippen LogP contribution in [0.3, 0.4) is 0 Å². The highest BCUT2D eigenvalue weighted by molar-refractivity contribution is 6.05. The molecule has 0 aliphatic carbocycles. The number of aromatic hydroxyl groups is 1. The normalized spacial score (nSPS) is 10.0. The molecule has 0 unspecified atom stereocenters. The molecular formula is C14H14N2O3. The zero-order valence-corrected chi connectivity index (χ0v) is 10.7. The molecule has 0 aliphatic rings. The van der Waals surface area contributed by atoms with Crippen LogP contribution in [0.4, 0.5) is 5.82 Å². The van der Waals surface area contributed by atoms with Gasteiger partial charge in [0.2, 0.25) is 0 Å². The number of amides is 1.